The first-order valence-electron chi connectivity index (χ1n) is 6.14. The fourth-order valence-corrected chi connectivity index (χ4v) is 1.73. The predicted octanol–water partition coefficient (Wildman–Crippen LogP) is 1.26. The molecule has 0 saturated heterocycles. The Balaban J connectivity index is 2.55. The fourth-order valence-electron chi connectivity index (χ4n) is 1.73. The number of nitrogens with one attached hydrogen (secondary N) is 1. The molecule has 0 aliphatic rings. The molecule has 0 radical (unpaired) electrons. The molecule has 1 aromatic rings. The van der Waals surface area contributed by atoms with Crippen LogP contribution in [0.4, 0.5) is 0 Å². The highest BCUT2D eigenvalue weighted by Gasteiger charge is 2.23. The topological polar surface area (TPSA) is 68.8 Å². The summed E-state index contributed by atoms with van der Waals surface area (Å²) >= 11 is 0. The van der Waals surface area contributed by atoms with Crippen molar-refractivity contribution in [2.45, 2.75) is 46.6 Å². The van der Waals surface area contributed by atoms with E-state index in [-0.39, 0.29) is 6.04 Å². The summed E-state index contributed by atoms with van der Waals surface area (Å²) in [5.41, 5.74) is 4.17. The van der Waals surface area contributed by atoms with Gasteiger partial charge in [-0.3, -0.25) is 16.0 Å². The van der Waals surface area contributed by atoms with Gasteiger partial charge in [-0.05, 0) is 17.8 Å². The Morgan fingerprint density at radius 3 is 2.53 bits per heavy atom. The molecule has 2 unspecified atom stereocenters. The first kappa shape index (κ1) is 14.1. The monoisotopic (exact) mass is 239 g/mol. The van der Waals surface area contributed by atoms with E-state index in [0.29, 0.717) is 11.3 Å². The highest BCUT2D eigenvalue weighted by atomic mass is 15.4. The van der Waals surface area contributed by atoms with Gasteiger partial charge in [0, 0.05) is 25.7 Å². The summed E-state index contributed by atoms with van der Waals surface area (Å²) in [4.78, 5) is 0. The van der Waals surface area contributed by atoms with Gasteiger partial charge >= 0.3 is 0 Å². The van der Waals surface area contributed by atoms with Gasteiger partial charge in [-0.2, -0.15) is 0 Å². The molecule has 0 bridgehead atoms. The largest absolute Gasteiger partial charge is 0.271 e. The third-order valence-corrected chi connectivity index (χ3v) is 3.46. The molecule has 1 rings (SSSR count). The minimum absolute atomic E-state index is 0.251. The number of nitrogens with two attached hydrogens (primary N) is 1. The van der Waals surface area contributed by atoms with Crippen LogP contribution in [0.2, 0.25) is 0 Å². The number of hydrogen-bond donors (Lipinski definition) is 2. The van der Waals surface area contributed by atoms with Crippen molar-refractivity contribution in [3.05, 3.63) is 11.9 Å². The normalized spacial score (nSPS) is 15.9. The number of hydrogen-bond acceptors (Lipinski definition) is 4. The maximum atomic E-state index is 5.61. The quantitative estimate of drug-likeness (QED) is 0.599. The second-order valence-electron chi connectivity index (χ2n) is 5.95. The van der Waals surface area contributed by atoms with Crippen LogP contribution in [0.1, 0.15) is 39.8 Å². The third kappa shape index (κ3) is 4.44. The second kappa shape index (κ2) is 5.60. The lowest BCUT2D eigenvalue weighted by molar-refractivity contribution is 0.222. The van der Waals surface area contributed by atoms with Crippen molar-refractivity contribution in [3.8, 4) is 0 Å². The minimum Gasteiger partial charge on any atom is -0.271 e. The molecule has 5 nitrogen and oxygen atoms in total. The van der Waals surface area contributed by atoms with E-state index >= 15 is 0 Å². The molecule has 0 fully saturated rings. The van der Waals surface area contributed by atoms with Crippen molar-refractivity contribution in [2.75, 3.05) is 0 Å². The van der Waals surface area contributed by atoms with Crippen LogP contribution >= 0.6 is 0 Å². The number of aryl methyl sites for hydroxylation is 1. The van der Waals surface area contributed by atoms with Crippen LogP contribution in [0, 0.1) is 11.3 Å². The van der Waals surface area contributed by atoms with Gasteiger partial charge in [-0.1, -0.05) is 32.9 Å². The molecule has 0 aliphatic heterocycles. The maximum Gasteiger partial charge on any atom is 0.0843 e. The minimum atomic E-state index is 0.251. The standard InChI is InChI=1S/C12H25N5/c1-9(12(2,3)4)6-10(14-13)7-11-8-17(5)16-15-11/h8-10,14H,6-7,13H2,1-5H3. The van der Waals surface area contributed by atoms with Gasteiger partial charge in [0.1, 0.15) is 0 Å². The highest BCUT2D eigenvalue weighted by Crippen LogP contribution is 2.29. The van der Waals surface area contributed by atoms with E-state index in [1.54, 1.807) is 4.68 Å². The van der Waals surface area contributed by atoms with Gasteiger partial charge in [-0.15, -0.1) is 5.10 Å². The summed E-state index contributed by atoms with van der Waals surface area (Å²) in [6, 6.07) is 0.251. The van der Waals surface area contributed by atoms with Crippen molar-refractivity contribution in [1.29, 1.82) is 0 Å². The van der Waals surface area contributed by atoms with E-state index in [1.807, 2.05) is 13.2 Å². The summed E-state index contributed by atoms with van der Waals surface area (Å²) in [7, 11) is 1.87. The van der Waals surface area contributed by atoms with Crippen LogP contribution in [0.15, 0.2) is 6.20 Å². The van der Waals surface area contributed by atoms with E-state index in [0.717, 1.165) is 18.5 Å². The molecule has 98 valence electrons. The number of hydrazine groups is 1. The van der Waals surface area contributed by atoms with E-state index in [9.17, 15) is 0 Å². The predicted molar refractivity (Wildman–Crippen MR) is 69.1 cm³/mol. The molecule has 3 N–H and O–H groups in total. The molecule has 0 saturated carbocycles. The molecule has 17 heavy (non-hydrogen) atoms. The molecular weight excluding hydrogens is 214 g/mol. The first-order chi connectivity index (χ1) is 7.82. The average molecular weight is 239 g/mol. The van der Waals surface area contributed by atoms with Crippen molar-refractivity contribution >= 4 is 0 Å². The molecular formula is C12H25N5. The Kier molecular flexibility index (Phi) is 4.65. The van der Waals surface area contributed by atoms with E-state index in [4.69, 9.17) is 5.84 Å². The Morgan fingerprint density at radius 2 is 2.12 bits per heavy atom. The summed E-state index contributed by atoms with van der Waals surface area (Å²) in [5, 5.41) is 8.02. The molecule has 0 aromatic carbocycles. The summed E-state index contributed by atoms with van der Waals surface area (Å²) in [6.45, 7) is 9.04. The van der Waals surface area contributed by atoms with Crippen LogP contribution in [-0.4, -0.2) is 21.0 Å². The summed E-state index contributed by atoms with van der Waals surface area (Å²) < 4.78 is 1.72. The zero-order valence-corrected chi connectivity index (χ0v) is 11.6. The molecule has 2 atom stereocenters. The Morgan fingerprint density at radius 1 is 1.47 bits per heavy atom. The van der Waals surface area contributed by atoms with Crippen LogP contribution in [-0.2, 0) is 13.5 Å². The van der Waals surface area contributed by atoms with Gasteiger partial charge in [0.25, 0.3) is 0 Å². The van der Waals surface area contributed by atoms with Gasteiger partial charge in [0.15, 0.2) is 0 Å². The Hall–Kier alpha value is -0.940. The van der Waals surface area contributed by atoms with Gasteiger partial charge < -0.3 is 0 Å². The first-order valence-corrected chi connectivity index (χ1v) is 6.14. The van der Waals surface area contributed by atoms with Gasteiger partial charge in [0.2, 0.25) is 0 Å². The van der Waals surface area contributed by atoms with Crippen molar-refractivity contribution < 1.29 is 0 Å². The SMILES string of the molecule is CC(CC(Cc1cn(C)nn1)NN)C(C)(C)C. The molecule has 0 spiro atoms. The van der Waals surface area contributed by atoms with Crippen LogP contribution in [0.25, 0.3) is 0 Å². The van der Waals surface area contributed by atoms with Crippen molar-refractivity contribution in [3.63, 3.8) is 0 Å². The molecule has 0 aliphatic carbocycles. The lowest BCUT2D eigenvalue weighted by Crippen LogP contribution is -2.39. The maximum absolute atomic E-state index is 5.61. The van der Waals surface area contributed by atoms with Crippen molar-refractivity contribution in [2.24, 2.45) is 24.2 Å². The Bertz CT molecular complexity index is 339. The molecule has 5 heteroatoms. The lowest BCUT2D eigenvalue weighted by atomic mass is 9.78. The Labute approximate surface area is 104 Å². The summed E-state index contributed by atoms with van der Waals surface area (Å²) in [6.07, 6.45) is 3.80. The molecule has 1 heterocycles. The van der Waals surface area contributed by atoms with Gasteiger partial charge in [-0.25, -0.2) is 0 Å². The van der Waals surface area contributed by atoms with Crippen LogP contribution in [0.5, 0.6) is 0 Å². The number of aromatic nitrogens is 3. The second-order valence-corrected chi connectivity index (χ2v) is 5.95. The van der Waals surface area contributed by atoms with Crippen LogP contribution < -0.4 is 11.3 Å². The average Bonchev–Trinajstić information content (AvgIpc) is 2.61. The zero-order valence-electron chi connectivity index (χ0n) is 11.6. The van der Waals surface area contributed by atoms with E-state index in [1.165, 1.54) is 0 Å². The highest BCUT2D eigenvalue weighted by molar-refractivity contribution is 4.96. The zero-order chi connectivity index (χ0) is 13.1. The van der Waals surface area contributed by atoms with Crippen molar-refractivity contribution in [1.82, 2.24) is 20.4 Å². The molecule has 1 aromatic heterocycles. The molecule has 0 amide bonds. The third-order valence-electron chi connectivity index (χ3n) is 3.46. The number of nitrogens with zero attached hydrogens (tertiary/aromatic N) is 3. The smallest absolute Gasteiger partial charge is 0.0843 e. The summed E-state index contributed by atoms with van der Waals surface area (Å²) in [5.74, 6) is 6.21. The van der Waals surface area contributed by atoms with E-state index in [2.05, 4.69) is 43.4 Å². The van der Waals surface area contributed by atoms with E-state index < -0.39 is 0 Å². The lowest BCUT2D eigenvalue weighted by Gasteiger charge is -2.30. The van der Waals surface area contributed by atoms with Crippen LogP contribution in [0.3, 0.4) is 0 Å². The fraction of sp³-hybridized carbons (Fsp3) is 0.833. The van der Waals surface area contributed by atoms with Gasteiger partial charge in [0.05, 0.1) is 5.69 Å². The number of rotatable bonds is 5.